The van der Waals surface area contributed by atoms with E-state index in [4.69, 9.17) is 9.47 Å². The summed E-state index contributed by atoms with van der Waals surface area (Å²) in [6.07, 6.45) is 0.847. The molecule has 1 amide bonds. The molecule has 0 aromatic heterocycles. The predicted octanol–water partition coefficient (Wildman–Crippen LogP) is 3.73. The maximum Gasteiger partial charge on any atom is 0.251 e. The summed E-state index contributed by atoms with van der Waals surface area (Å²) in [5.74, 6) is -0.0601. The van der Waals surface area contributed by atoms with Gasteiger partial charge in [0.25, 0.3) is 5.91 Å². The van der Waals surface area contributed by atoms with Crippen LogP contribution in [-0.4, -0.2) is 26.2 Å². The number of hydrogen-bond donors (Lipinski definition) is 1. The lowest BCUT2D eigenvalue weighted by Crippen LogP contribution is -2.25. The van der Waals surface area contributed by atoms with Gasteiger partial charge in [-0.15, -0.1) is 0 Å². The van der Waals surface area contributed by atoms with Crippen LogP contribution in [0.4, 0.5) is 0 Å². The van der Waals surface area contributed by atoms with Crippen molar-refractivity contribution in [2.75, 3.05) is 20.3 Å². The molecule has 0 aliphatic heterocycles. The van der Waals surface area contributed by atoms with E-state index < -0.39 is 0 Å². The number of amides is 1. The van der Waals surface area contributed by atoms with Crippen molar-refractivity contribution >= 4 is 5.91 Å². The van der Waals surface area contributed by atoms with Gasteiger partial charge in [-0.3, -0.25) is 4.79 Å². The Balaban J connectivity index is 1.65. The Bertz CT molecular complexity index is 611. The average Bonchev–Trinajstić information content (AvgIpc) is 2.62. The summed E-state index contributed by atoms with van der Waals surface area (Å²) in [4.78, 5) is 12.0. The lowest BCUT2D eigenvalue weighted by Gasteiger charge is -2.13. The molecule has 0 bridgehead atoms. The molecule has 128 valence electrons. The number of rotatable bonds is 9. The van der Waals surface area contributed by atoms with Crippen LogP contribution in [0.15, 0.2) is 54.6 Å². The monoisotopic (exact) mass is 327 g/mol. The van der Waals surface area contributed by atoms with Gasteiger partial charge in [0.1, 0.15) is 0 Å². The lowest BCUT2D eigenvalue weighted by atomic mass is 10.1. The minimum atomic E-state index is -0.0601. The van der Waals surface area contributed by atoms with Gasteiger partial charge in [-0.05, 0) is 36.6 Å². The number of ether oxygens (including phenoxy) is 2. The number of methoxy groups -OCH3 is 1. The van der Waals surface area contributed by atoms with Crippen molar-refractivity contribution in [3.05, 3.63) is 71.3 Å². The zero-order chi connectivity index (χ0) is 17.2. The first kappa shape index (κ1) is 18.2. The summed E-state index contributed by atoms with van der Waals surface area (Å²) < 4.78 is 10.8. The largest absolute Gasteiger partial charge is 0.380 e. The Hall–Kier alpha value is -2.17. The van der Waals surface area contributed by atoms with Gasteiger partial charge in [0, 0.05) is 25.8 Å². The van der Waals surface area contributed by atoms with E-state index in [-0.39, 0.29) is 12.0 Å². The van der Waals surface area contributed by atoms with Gasteiger partial charge in [-0.1, -0.05) is 42.5 Å². The second-order valence-corrected chi connectivity index (χ2v) is 5.66. The van der Waals surface area contributed by atoms with Crippen molar-refractivity contribution in [3.8, 4) is 0 Å². The topological polar surface area (TPSA) is 47.6 Å². The fourth-order valence-corrected chi connectivity index (χ4v) is 2.38. The Morgan fingerprint density at radius 2 is 1.79 bits per heavy atom. The maximum absolute atomic E-state index is 12.0. The molecule has 1 unspecified atom stereocenters. The second-order valence-electron chi connectivity index (χ2n) is 5.66. The Morgan fingerprint density at radius 1 is 1.08 bits per heavy atom. The Kier molecular flexibility index (Phi) is 7.46. The molecule has 0 radical (unpaired) electrons. The van der Waals surface area contributed by atoms with Crippen molar-refractivity contribution in [2.45, 2.75) is 26.1 Å². The van der Waals surface area contributed by atoms with Crippen LogP contribution in [-0.2, 0) is 16.1 Å². The quantitative estimate of drug-likeness (QED) is 0.714. The number of benzene rings is 2. The number of carbonyl (C=O) groups excluding carboxylic acids is 1. The molecule has 24 heavy (non-hydrogen) atoms. The van der Waals surface area contributed by atoms with Crippen molar-refractivity contribution in [2.24, 2.45) is 0 Å². The predicted molar refractivity (Wildman–Crippen MR) is 94.9 cm³/mol. The highest BCUT2D eigenvalue weighted by atomic mass is 16.5. The van der Waals surface area contributed by atoms with Gasteiger partial charge in [0.2, 0.25) is 0 Å². The van der Waals surface area contributed by atoms with Crippen LogP contribution in [0.3, 0.4) is 0 Å². The van der Waals surface area contributed by atoms with Gasteiger partial charge < -0.3 is 14.8 Å². The first-order chi connectivity index (χ1) is 11.7. The fourth-order valence-electron chi connectivity index (χ4n) is 2.38. The minimum absolute atomic E-state index is 0.0601. The number of nitrogens with one attached hydrogen (secondary N) is 1. The van der Waals surface area contributed by atoms with E-state index in [2.05, 4.69) is 17.4 Å². The molecule has 1 N–H and O–H groups in total. The van der Waals surface area contributed by atoms with Gasteiger partial charge >= 0.3 is 0 Å². The zero-order valence-corrected chi connectivity index (χ0v) is 14.3. The first-order valence-electron chi connectivity index (χ1n) is 8.23. The first-order valence-corrected chi connectivity index (χ1v) is 8.23. The van der Waals surface area contributed by atoms with Crippen molar-refractivity contribution < 1.29 is 14.3 Å². The Labute approximate surface area is 143 Å². The molecule has 0 spiro atoms. The van der Waals surface area contributed by atoms with Gasteiger partial charge in [0.05, 0.1) is 12.7 Å². The van der Waals surface area contributed by atoms with Crippen molar-refractivity contribution in [3.63, 3.8) is 0 Å². The molecule has 0 aliphatic carbocycles. The third-order valence-corrected chi connectivity index (χ3v) is 3.77. The van der Waals surface area contributed by atoms with Crippen LogP contribution in [0.2, 0.25) is 0 Å². The van der Waals surface area contributed by atoms with Crippen LogP contribution >= 0.6 is 0 Å². The molecular formula is C20H25NO3. The molecule has 2 aromatic carbocycles. The third kappa shape index (κ3) is 5.80. The van der Waals surface area contributed by atoms with E-state index in [1.165, 1.54) is 0 Å². The molecule has 0 aliphatic rings. The van der Waals surface area contributed by atoms with Crippen molar-refractivity contribution in [1.82, 2.24) is 5.32 Å². The van der Waals surface area contributed by atoms with Gasteiger partial charge in [0.15, 0.2) is 0 Å². The van der Waals surface area contributed by atoms with E-state index in [0.29, 0.717) is 25.3 Å². The zero-order valence-electron chi connectivity index (χ0n) is 14.3. The normalized spacial score (nSPS) is 11.9. The highest BCUT2D eigenvalue weighted by molar-refractivity contribution is 5.94. The summed E-state index contributed by atoms with van der Waals surface area (Å²) in [6.45, 7) is 3.80. The molecule has 2 rings (SSSR count). The third-order valence-electron chi connectivity index (χ3n) is 3.77. The smallest absolute Gasteiger partial charge is 0.251 e. The van der Waals surface area contributed by atoms with Crippen LogP contribution in [0.5, 0.6) is 0 Å². The van der Waals surface area contributed by atoms with Crippen molar-refractivity contribution in [1.29, 1.82) is 0 Å². The Morgan fingerprint density at radius 3 is 2.46 bits per heavy atom. The fraction of sp³-hybridized carbons (Fsp3) is 0.350. The van der Waals surface area contributed by atoms with Gasteiger partial charge in [-0.2, -0.15) is 0 Å². The van der Waals surface area contributed by atoms with Crippen LogP contribution in [0.1, 0.15) is 40.9 Å². The molecule has 1 atom stereocenters. The average molecular weight is 327 g/mol. The maximum atomic E-state index is 12.0. The second kappa shape index (κ2) is 9.85. The summed E-state index contributed by atoms with van der Waals surface area (Å²) in [5, 5.41) is 2.91. The molecule has 4 heteroatoms. The van der Waals surface area contributed by atoms with E-state index in [1.54, 1.807) is 7.11 Å². The van der Waals surface area contributed by atoms with E-state index >= 15 is 0 Å². The highest BCUT2D eigenvalue weighted by Crippen LogP contribution is 2.15. The molecule has 0 heterocycles. The summed E-state index contributed by atoms with van der Waals surface area (Å²) in [5.41, 5.74) is 2.88. The number of hydrogen-bond acceptors (Lipinski definition) is 3. The highest BCUT2D eigenvalue weighted by Gasteiger charge is 2.06. The molecule has 4 nitrogen and oxygen atoms in total. The molecule has 2 aromatic rings. The van der Waals surface area contributed by atoms with Crippen LogP contribution in [0, 0.1) is 0 Å². The molecular weight excluding hydrogens is 302 g/mol. The standard InChI is InChI=1S/C20H25NO3/c1-16(18-7-4-3-5-8-18)24-14-6-13-21-20(22)19-11-9-17(10-12-19)15-23-2/h3-5,7-12,16H,6,13-15H2,1-2H3,(H,21,22). The van der Waals surface area contributed by atoms with E-state index in [9.17, 15) is 4.79 Å². The van der Waals surface area contributed by atoms with Gasteiger partial charge in [-0.25, -0.2) is 0 Å². The van der Waals surface area contributed by atoms with E-state index in [0.717, 1.165) is 17.5 Å². The summed E-state index contributed by atoms with van der Waals surface area (Å²) >= 11 is 0. The molecule has 0 saturated heterocycles. The summed E-state index contributed by atoms with van der Waals surface area (Å²) in [7, 11) is 1.65. The SMILES string of the molecule is COCc1ccc(C(=O)NCCCOC(C)c2ccccc2)cc1. The summed E-state index contributed by atoms with van der Waals surface area (Å²) in [6, 6.07) is 17.6. The lowest BCUT2D eigenvalue weighted by molar-refractivity contribution is 0.0635. The van der Waals surface area contributed by atoms with Crippen LogP contribution < -0.4 is 5.32 Å². The molecule has 0 saturated carbocycles. The van der Waals surface area contributed by atoms with E-state index in [1.807, 2.05) is 49.4 Å². The van der Waals surface area contributed by atoms with Crippen LogP contribution in [0.25, 0.3) is 0 Å². The molecule has 0 fully saturated rings. The number of carbonyl (C=O) groups is 1. The minimum Gasteiger partial charge on any atom is -0.380 e.